The second kappa shape index (κ2) is 5.95. The molecule has 2 heterocycles. The zero-order valence-electron chi connectivity index (χ0n) is 10.3. The molecule has 100 valence electrons. The van der Waals surface area contributed by atoms with E-state index in [1.807, 2.05) is 6.92 Å². The predicted octanol–water partition coefficient (Wildman–Crippen LogP) is 2.98. The fourth-order valence-corrected chi connectivity index (χ4v) is 2.64. The zero-order chi connectivity index (χ0) is 13.1. The average molecular weight is 290 g/mol. The molecule has 6 heteroatoms. The van der Waals surface area contributed by atoms with Gasteiger partial charge in [-0.3, -0.25) is 0 Å². The monoisotopic (exact) mass is 289 g/mol. The highest BCUT2D eigenvalue weighted by Gasteiger charge is 2.22. The number of ether oxygens (including phenoxy) is 1. The quantitative estimate of drug-likeness (QED) is 0.929. The second-order valence-corrected chi connectivity index (χ2v) is 5.12. The molecule has 0 unspecified atom stereocenters. The van der Waals surface area contributed by atoms with Gasteiger partial charge in [0.05, 0.1) is 16.1 Å². The van der Waals surface area contributed by atoms with Crippen LogP contribution in [-0.2, 0) is 4.74 Å². The van der Waals surface area contributed by atoms with E-state index >= 15 is 0 Å². The van der Waals surface area contributed by atoms with E-state index in [9.17, 15) is 0 Å². The molecule has 1 aliphatic rings. The first-order valence-electron chi connectivity index (χ1n) is 6.10. The van der Waals surface area contributed by atoms with Crippen LogP contribution in [0.2, 0.25) is 10.0 Å². The summed E-state index contributed by atoms with van der Waals surface area (Å²) in [7, 11) is 0. The van der Waals surface area contributed by atoms with Gasteiger partial charge in [-0.05, 0) is 25.8 Å². The number of pyridine rings is 1. The van der Waals surface area contributed by atoms with Gasteiger partial charge in [-0.2, -0.15) is 0 Å². The van der Waals surface area contributed by atoms with Crippen LogP contribution >= 0.6 is 23.2 Å². The van der Waals surface area contributed by atoms with E-state index < -0.39 is 0 Å². The van der Waals surface area contributed by atoms with Crippen molar-refractivity contribution in [2.45, 2.75) is 25.9 Å². The van der Waals surface area contributed by atoms with Gasteiger partial charge in [0.15, 0.2) is 0 Å². The van der Waals surface area contributed by atoms with Crippen molar-refractivity contribution in [2.24, 2.45) is 0 Å². The van der Waals surface area contributed by atoms with E-state index in [-0.39, 0.29) is 0 Å². The number of rotatable bonds is 3. The van der Waals surface area contributed by atoms with Crippen LogP contribution < -0.4 is 10.6 Å². The van der Waals surface area contributed by atoms with E-state index in [0.717, 1.165) is 32.5 Å². The number of hydrogen-bond donors (Lipinski definition) is 1. The Morgan fingerprint density at radius 3 is 2.67 bits per heavy atom. The van der Waals surface area contributed by atoms with Gasteiger partial charge in [0.2, 0.25) is 0 Å². The predicted molar refractivity (Wildman–Crippen MR) is 75.5 cm³/mol. The molecule has 1 aliphatic heterocycles. The Morgan fingerprint density at radius 2 is 2.06 bits per heavy atom. The van der Waals surface area contributed by atoms with E-state index in [2.05, 4.69) is 9.88 Å². The first-order valence-corrected chi connectivity index (χ1v) is 6.85. The number of anilines is 2. The molecule has 1 fully saturated rings. The van der Waals surface area contributed by atoms with Crippen LogP contribution in [0, 0.1) is 0 Å². The van der Waals surface area contributed by atoms with Crippen LogP contribution in [0.15, 0.2) is 6.07 Å². The Labute approximate surface area is 117 Å². The van der Waals surface area contributed by atoms with Gasteiger partial charge in [0.1, 0.15) is 11.6 Å². The summed E-state index contributed by atoms with van der Waals surface area (Å²) in [4.78, 5) is 6.40. The third kappa shape index (κ3) is 2.99. The Kier molecular flexibility index (Phi) is 4.54. The van der Waals surface area contributed by atoms with Crippen LogP contribution in [0.25, 0.3) is 0 Å². The molecule has 0 saturated carbocycles. The molecular weight excluding hydrogens is 273 g/mol. The number of hydrogen-bond acceptors (Lipinski definition) is 4. The van der Waals surface area contributed by atoms with Crippen molar-refractivity contribution in [2.75, 3.05) is 30.3 Å². The minimum atomic E-state index is 0.322. The molecular formula is C12H17Cl2N3O. The Bertz CT molecular complexity index is 420. The summed E-state index contributed by atoms with van der Waals surface area (Å²) >= 11 is 12.0. The molecule has 0 bridgehead atoms. The Balaban J connectivity index is 2.07. The maximum atomic E-state index is 6.16. The van der Waals surface area contributed by atoms with Crippen molar-refractivity contribution in [3.8, 4) is 0 Å². The Morgan fingerprint density at radius 1 is 1.39 bits per heavy atom. The number of nitrogens with two attached hydrogens (primary N) is 1. The summed E-state index contributed by atoms with van der Waals surface area (Å²) in [5, 5.41) is 0.942. The third-order valence-electron chi connectivity index (χ3n) is 3.08. The molecule has 1 aromatic rings. The lowest BCUT2D eigenvalue weighted by Gasteiger charge is -2.33. The minimum absolute atomic E-state index is 0.322. The largest absolute Gasteiger partial charge is 0.382 e. The van der Waals surface area contributed by atoms with Crippen molar-refractivity contribution >= 4 is 34.8 Å². The molecule has 1 saturated heterocycles. The fraction of sp³-hybridized carbons (Fsp3) is 0.583. The summed E-state index contributed by atoms with van der Waals surface area (Å²) in [6.45, 7) is 4.53. The SMILES string of the molecule is CCOC1CCN(c2nc(N)c(Cl)cc2Cl)CC1. The van der Waals surface area contributed by atoms with Gasteiger partial charge < -0.3 is 15.4 Å². The van der Waals surface area contributed by atoms with Gasteiger partial charge in [-0.15, -0.1) is 0 Å². The van der Waals surface area contributed by atoms with Crippen LogP contribution in [-0.4, -0.2) is 30.8 Å². The standard InChI is InChI=1S/C12H17Cl2N3O/c1-2-18-8-3-5-17(6-4-8)12-10(14)7-9(13)11(15)16-12/h7-8H,2-6H2,1H3,(H2,15,16). The van der Waals surface area contributed by atoms with Crippen molar-refractivity contribution in [1.29, 1.82) is 0 Å². The molecule has 0 radical (unpaired) electrons. The molecule has 2 rings (SSSR count). The summed E-state index contributed by atoms with van der Waals surface area (Å²) in [5.74, 6) is 1.04. The van der Waals surface area contributed by atoms with Crippen molar-refractivity contribution in [3.05, 3.63) is 16.1 Å². The number of piperidine rings is 1. The molecule has 0 spiro atoms. The van der Waals surface area contributed by atoms with Crippen LogP contribution in [0.3, 0.4) is 0 Å². The first-order chi connectivity index (χ1) is 8.61. The second-order valence-electron chi connectivity index (χ2n) is 4.30. The topological polar surface area (TPSA) is 51.4 Å². The van der Waals surface area contributed by atoms with Gasteiger partial charge >= 0.3 is 0 Å². The zero-order valence-corrected chi connectivity index (χ0v) is 11.8. The van der Waals surface area contributed by atoms with E-state index in [1.54, 1.807) is 6.07 Å². The molecule has 1 aromatic heterocycles. The van der Waals surface area contributed by atoms with Gasteiger partial charge in [-0.1, -0.05) is 23.2 Å². The highest BCUT2D eigenvalue weighted by Crippen LogP contribution is 2.31. The summed E-state index contributed by atoms with van der Waals surface area (Å²) in [5.41, 5.74) is 5.72. The molecule has 0 aromatic carbocycles. The lowest BCUT2D eigenvalue weighted by atomic mass is 10.1. The maximum absolute atomic E-state index is 6.16. The lowest BCUT2D eigenvalue weighted by Crippen LogP contribution is -2.37. The van der Waals surface area contributed by atoms with E-state index in [4.69, 9.17) is 33.7 Å². The van der Waals surface area contributed by atoms with Crippen LogP contribution in [0.5, 0.6) is 0 Å². The number of nitrogens with zero attached hydrogens (tertiary/aromatic N) is 2. The number of aromatic nitrogens is 1. The molecule has 2 N–H and O–H groups in total. The molecule has 4 nitrogen and oxygen atoms in total. The highest BCUT2D eigenvalue weighted by molar-refractivity contribution is 6.37. The van der Waals surface area contributed by atoms with Crippen LogP contribution in [0.1, 0.15) is 19.8 Å². The van der Waals surface area contributed by atoms with Crippen molar-refractivity contribution < 1.29 is 4.74 Å². The Hall–Kier alpha value is -0.710. The molecule has 0 atom stereocenters. The van der Waals surface area contributed by atoms with E-state index in [1.165, 1.54) is 0 Å². The molecule has 18 heavy (non-hydrogen) atoms. The molecule has 0 amide bonds. The fourth-order valence-electron chi connectivity index (χ4n) is 2.16. The normalized spacial score (nSPS) is 17.2. The summed E-state index contributed by atoms with van der Waals surface area (Å²) in [6, 6.07) is 1.65. The smallest absolute Gasteiger partial charge is 0.149 e. The number of halogens is 2. The van der Waals surface area contributed by atoms with Gasteiger partial charge in [-0.25, -0.2) is 4.98 Å². The average Bonchev–Trinajstić information content (AvgIpc) is 2.35. The maximum Gasteiger partial charge on any atom is 0.149 e. The summed E-state index contributed by atoms with van der Waals surface area (Å²) in [6.07, 6.45) is 2.30. The van der Waals surface area contributed by atoms with Crippen LogP contribution in [0.4, 0.5) is 11.6 Å². The van der Waals surface area contributed by atoms with E-state index in [0.29, 0.717) is 27.8 Å². The van der Waals surface area contributed by atoms with Gasteiger partial charge in [0.25, 0.3) is 0 Å². The van der Waals surface area contributed by atoms with Gasteiger partial charge in [0, 0.05) is 19.7 Å². The lowest BCUT2D eigenvalue weighted by molar-refractivity contribution is 0.0458. The van der Waals surface area contributed by atoms with Crippen molar-refractivity contribution in [3.63, 3.8) is 0 Å². The first kappa shape index (κ1) is 13.7. The summed E-state index contributed by atoms with van der Waals surface area (Å²) < 4.78 is 5.61. The minimum Gasteiger partial charge on any atom is -0.382 e. The highest BCUT2D eigenvalue weighted by atomic mass is 35.5. The number of nitrogen functional groups attached to an aromatic ring is 1. The third-order valence-corrected chi connectivity index (χ3v) is 3.66. The van der Waals surface area contributed by atoms with Crippen molar-refractivity contribution in [1.82, 2.24) is 4.98 Å². The molecule has 0 aliphatic carbocycles.